The Balaban J connectivity index is 0.00000220. The minimum atomic E-state index is 0. The summed E-state index contributed by atoms with van der Waals surface area (Å²) in [6.07, 6.45) is 5.20. The molecule has 1 aromatic heterocycles. The van der Waals surface area contributed by atoms with Crippen LogP contribution in [0.4, 0.5) is 0 Å². The van der Waals surface area contributed by atoms with Gasteiger partial charge in [-0.1, -0.05) is 6.07 Å². The van der Waals surface area contributed by atoms with Crippen molar-refractivity contribution >= 4 is 29.9 Å². The molecule has 5 nitrogen and oxygen atoms in total. The molecule has 0 saturated carbocycles. The molecule has 1 fully saturated rings. The first-order valence-corrected chi connectivity index (χ1v) is 7.36. The van der Waals surface area contributed by atoms with Crippen LogP contribution in [0.3, 0.4) is 0 Å². The lowest BCUT2D eigenvalue weighted by Gasteiger charge is -2.28. The summed E-state index contributed by atoms with van der Waals surface area (Å²) in [7, 11) is 2.17. The summed E-state index contributed by atoms with van der Waals surface area (Å²) in [6, 6.07) is 5.94. The standard InChI is InChI=1S/C15H25N5.HI/c1-20-10-4-5-13(12-20)11-19-15(16)18-9-7-14-6-2-3-8-17-14;/h2-3,6,8,13H,4-5,7,9-12H2,1H3,(H3,16,18,19);1H. The largest absolute Gasteiger partial charge is 0.370 e. The summed E-state index contributed by atoms with van der Waals surface area (Å²) in [4.78, 5) is 11.1. The number of nitrogens with zero attached hydrogens (tertiary/aromatic N) is 3. The van der Waals surface area contributed by atoms with E-state index in [9.17, 15) is 0 Å². The van der Waals surface area contributed by atoms with Crippen LogP contribution in [0.1, 0.15) is 18.5 Å². The van der Waals surface area contributed by atoms with E-state index in [1.807, 2.05) is 24.4 Å². The van der Waals surface area contributed by atoms with Gasteiger partial charge in [0.05, 0.1) is 0 Å². The molecule has 0 spiro atoms. The van der Waals surface area contributed by atoms with Crippen LogP contribution in [0.15, 0.2) is 29.4 Å². The molecule has 2 heterocycles. The number of hydrogen-bond donors (Lipinski definition) is 2. The van der Waals surface area contributed by atoms with E-state index in [1.54, 1.807) is 0 Å². The molecular formula is C15H26IN5. The first-order chi connectivity index (χ1) is 9.74. The zero-order chi connectivity index (χ0) is 14.2. The molecule has 0 bridgehead atoms. The number of likely N-dealkylation sites (tertiary alicyclic amines) is 1. The minimum Gasteiger partial charge on any atom is -0.370 e. The van der Waals surface area contributed by atoms with Gasteiger partial charge in [0.1, 0.15) is 0 Å². The lowest BCUT2D eigenvalue weighted by Crippen LogP contribution is -2.36. The molecule has 1 aliphatic heterocycles. The second-order valence-corrected chi connectivity index (χ2v) is 5.49. The summed E-state index contributed by atoms with van der Waals surface area (Å²) in [5.41, 5.74) is 6.97. The monoisotopic (exact) mass is 403 g/mol. The third-order valence-corrected chi connectivity index (χ3v) is 3.66. The van der Waals surface area contributed by atoms with Crippen LogP contribution in [0.2, 0.25) is 0 Å². The van der Waals surface area contributed by atoms with Crippen LogP contribution in [0, 0.1) is 5.92 Å². The molecule has 1 saturated heterocycles. The van der Waals surface area contributed by atoms with Crippen molar-refractivity contribution in [2.45, 2.75) is 19.3 Å². The number of aliphatic imine (C=N–C) groups is 1. The van der Waals surface area contributed by atoms with Crippen molar-refractivity contribution in [3.63, 3.8) is 0 Å². The Morgan fingerprint density at radius 3 is 3.10 bits per heavy atom. The van der Waals surface area contributed by atoms with E-state index in [1.165, 1.54) is 19.4 Å². The Morgan fingerprint density at radius 1 is 1.52 bits per heavy atom. The van der Waals surface area contributed by atoms with E-state index >= 15 is 0 Å². The highest BCUT2D eigenvalue weighted by Gasteiger charge is 2.16. The van der Waals surface area contributed by atoms with Crippen molar-refractivity contribution < 1.29 is 0 Å². The molecule has 3 N–H and O–H groups in total. The van der Waals surface area contributed by atoms with Crippen LogP contribution in [0.5, 0.6) is 0 Å². The van der Waals surface area contributed by atoms with Gasteiger partial charge in [0.15, 0.2) is 5.96 Å². The van der Waals surface area contributed by atoms with Crippen LogP contribution in [-0.2, 0) is 6.42 Å². The van der Waals surface area contributed by atoms with Crippen LogP contribution >= 0.6 is 24.0 Å². The smallest absolute Gasteiger partial charge is 0.188 e. The number of hydrogen-bond acceptors (Lipinski definition) is 3. The predicted octanol–water partition coefficient (Wildman–Crippen LogP) is 1.49. The van der Waals surface area contributed by atoms with E-state index < -0.39 is 0 Å². The zero-order valence-corrected chi connectivity index (χ0v) is 15.0. The average Bonchev–Trinajstić information content (AvgIpc) is 2.46. The Labute approximate surface area is 144 Å². The maximum atomic E-state index is 5.89. The Morgan fingerprint density at radius 2 is 2.38 bits per heavy atom. The van der Waals surface area contributed by atoms with E-state index in [4.69, 9.17) is 5.73 Å². The number of guanidine groups is 1. The van der Waals surface area contributed by atoms with Gasteiger partial charge in [0.25, 0.3) is 0 Å². The van der Waals surface area contributed by atoms with Gasteiger partial charge in [-0.15, -0.1) is 24.0 Å². The number of halogens is 1. The normalized spacial score (nSPS) is 19.9. The SMILES string of the molecule is CN1CCCC(CN=C(N)NCCc2ccccn2)C1.I. The summed E-state index contributed by atoms with van der Waals surface area (Å²) >= 11 is 0. The molecule has 0 amide bonds. The van der Waals surface area contributed by atoms with E-state index in [2.05, 4.69) is 27.2 Å². The highest BCUT2D eigenvalue weighted by molar-refractivity contribution is 14.0. The summed E-state index contributed by atoms with van der Waals surface area (Å²) in [5.74, 6) is 1.19. The van der Waals surface area contributed by atoms with Gasteiger partial charge in [0, 0.05) is 37.9 Å². The molecule has 1 atom stereocenters. The first kappa shape index (κ1) is 18.2. The Kier molecular flexibility index (Phi) is 8.60. The second-order valence-electron chi connectivity index (χ2n) is 5.49. The van der Waals surface area contributed by atoms with Gasteiger partial charge < -0.3 is 16.0 Å². The maximum Gasteiger partial charge on any atom is 0.188 e. The molecule has 1 aromatic rings. The second kappa shape index (κ2) is 9.94. The van der Waals surface area contributed by atoms with E-state index in [0.29, 0.717) is 11.9 Å². The van der Waals surface area contributed by atoms with Crippen molar-refractivity contribution in [3.05, 3.63) is 30.1 Å². The molecule has 21 heavy (non-hydrogen) atoms. The van der Waals surface area contributed by atoms with Gasteiger partial charge >= 0.3 is 0 Å². The van der Waals surface area contributed by atoms with E-state index in [-0.39, 0.29) is 24.0 Å². The third kappa shape index (κ3) is 7.08. The average molecular weight is 403 g/mol. The fraction of sp³-hybridized carbons (Fsp3) is 0.600. The first-order valence-electron chi connectivity index (χ1n) is 7.36. The maximum absolute atomic E-state index is 5.89. The van der Waals surface area contributed by atoms with Gasteiger partial charge in [-0.25, -0.2) is 0 Å². The fourth-order valence-electron chi connectivity index (χ4n) is 2.57. The molecular weight excluding hydrogens is 377 g/mol. The van der Waals surface area contributed by atoms with Crippen molar-refractivity contribution in [2.75, 3.05) is 33.2 Å². The van der Waals surface area contributed by atoms with Crippen molar-refractivity contribution in [2.24, 2.45) is 16.6 Å². The molecule has 1 aliphatic rings. The van der Waals surface area contributed by atoms with Gasteiger partial charge in [-0.05, 0) is 44.5 Å². The van der Waals surface area contributed by atoms with Crippen LogP contribution < -0.4 is 11.1 Å². The molecule has 0 radical (unpaired) electrons. The quantitative estimate of drug-likeness (QED) is 0.444. The highest BCUT2D eigenvalue weighted by Crippen LogP contribution is 2.14. The third-order valence-electron chi connectivity index (χ3n) is 3.66. The molecule has 118 valence electrons. The Hall–Kier alpha value is -0.890. The molecule has 1 unspecified atom stereocenters. The van der Waals surface area contributed by atoms with E-state index in [0.717, 1.165) is 31.7 Å². The van der Waals surface area contributed by atoms with Gasteiger partial charge in [-0.2, -0.15) is 0 Å². The van der Waals surface area contributed by atoms with Gasteiger partial charge in [0.2, 0.25) is 0 Å². The molecule has 0 aliphatic carbocycles. The fourth-order valence-corrected chi connectivity index (χ4v) is 2.57. The van der Waals surface area contributed by atoms with Crippen molar-refractivity contribution in [3.8, 4) is 0 Å². The van der Waals surface area contributed by atoms with Crippen LogP contribution in [-0.4, -0.2) is 49.1 Å². The summed E-state index contributed by atoms with van der Waals surface area (Å²) in [5, 5.41) is 3.16. The van der Waals surface area contributed by atoms with Gasteiger partial charge in [-0.3, -0.25) is 9.98 Å². The molecule has 2 rings (SSSR count). The number of nitrogens with two attached hydrogens (primary N) is 1. The molecule has 0 aromatic carbocycles. The Bertz CT molecular complexity index is 423. The van der Waals surface area contributed by atoms with Crippen LogP contribution in [0.25, 0.3) is 0 Å². The summed E-state index contributed by atoms with van der Waals surface area (Å²) < 4.78 is 0. The number of aromatic nitrogens is 1. The topological polar surface area (TPSA) is 66.5 Å². The zero-order valence-electron chi connectivity index (χ0n) is 12.7. The molecule has 6 heteroatoms. The number of rotatable bonds is 5. The van der Waals surface area contributed by atoms with Crippen molar-refractivity contribution in [1.82, 2.24) is 15.2 Å². The lowest BCUT2D eigenvalue weighted by atomic mass is 9.99. The lowest BCUT2D eigenvalue weighted by molar-refractivity contribution is 0.214. The van der Waals surface area contributed by atoms with Crippen molar-refractivity contribution in [1.29, 1.82) is 0 Å². The summed E-state index contributed by atoms with van der Waals surface area (Å²) in [6.45, 7) is 3.94. The number of pyridine rings is 1. The predicted molar refractivity (Wildman–Crippen MR) is 98.1 cm³/mol. The minimum absolute atomic E-state index is 0. The number of piperidine rings is 1. The number of nitrogens with one attached hydrogen (secondary N) is 1. The highest BCUT2D eigenvalue weighted by atomic mass is 127.